The van der Waals surface area contributed by atoms with Gasteiger partial charge in [0.05, 0.1) is 36.0 Å². The molecular weight excluding hydrogens is 560 g/mol. The molecule has 7 rings (SSSR count). The Balaban J connectivity index is 1.37. The summed E-state index contributed by atoms with van der Waals surface area (Å²) in [4.78, 5) is 7.02. The van der Waals surface area contributed by atoms with Crippen LogP contribution in [0.3, 0.4) is 0 Å². The predicted molar refractivity (Wildman–Crippen MR) is 166 cm³/mol. The Morgan fingerprint density at radius 1 is 0.930 bits per heavy atom. The van der Waals surface area contributed by atoms with Gasteiger partial charge in [-0.15, -0.1) is 0 Å². The van der Waals surface area contributed by atoms with Gasteiger partial charge in [0, 0.05) is 30.4 Å². The largest absolute Gasteiger partial charge is 0.492 e. The van der Waals surface area contributed by atoms with Crippen molar-refractivity contribution in [3.8, 4) is 34.2 Å². The van der Waals surface area contributed by atoms with Crippen LogP contribution in [0.15, 0.2) is 96.0 Å². The number of nitriles is 1. The second-order valence-electron chi connectivity index (χ2n) is 10.9. The van der Waals surface area contributed by atoms with E-state index in [1.54, 1.807) is 42.6 Å². The number of hydrogen-bond donors (Lipinski definition) is 0. The van der Waals surface area contributed by atoms with E-state index in [0.29, 0.717) is 53.8 Å². The lowest BCUT2D eigenvalue weighted by atomic mass is 10.0. The number of aromatic nitrogens is 2. The zero-order chi connectivity index (χ0) is 29.4. The van der Waals surface area contributed by atoms with Crippen LogP contribution in [0.25, 0.3) is 33.4 Å². The lowest BCUT2D eigenvalue weighted by Crippen LogP contribution is -2.36. The number of fused-ring (bicyclic) bond motifs is 1. The molecule has 2 fully saturated rings. The summed E-state index contributed by atoms with van der Waals surface area (Å²) in [5, 5.41) is 10.6. The van der Waals surface area contributed by atoms with E-state index < -0.39 is 10.0 Å². The van der Waals surface area contributed by atoms with Crippen LogP contribution in [0.4, 0.5) is 5.69 Å². The number of nitrogens with zero attached hydrogens (tertiary/aromatic N) is 4. The van der Waals surface area contributed by atoms with Crippen molar-refractivity contribution in [2.24, 2.45) is 5.92 Å². The lowest BCUT2D eigenvalue weighted by molar-refractivity contribution is 0.122. The fraction of sp³-hybridized carbons (Fsp3) is 0.235. The molecule has 2 aliphatic rings. The van der Waals surface area contributed by atoms with Crippen LogP contribution < -0.4 is 9.64 Å². The summed E-state index contributed by atoms with van der Waals surface area (Å²) >= 11 is 0. The van der Waals surface area contributed by atoms with E-state index in [-0.39, 0.29) is 4.90 Å². The van der Waals surface area contributed by atoms with Gasteiger partial charge in [0.2, 0.25) is 0 Å². The molecule has 0 bridgehead atoms. The van der Waals surface area contributed by atoms with Crippen LogP contribution >= 0.6 is 0 Å². The van der Waals surface area contributed by atoms with Crippen molar-refractivity contribution in [1.29, 1.82) is 5.26 Å². The molecule has 1 aliphatic carbocycles. The summed E-state index contributed by atoms with van der Waals surface area (Å²) in [6, 6.07) is 27.9. The van der Waals surface area contributed by atoms with E-state index in [9.17, 15) is 13.7 Å². The SMILES string of the molecule is N#Cc1cc(-c2ccnc3c2cc(-c2ccc(N4CCOCC4)cc2)n3S(=O)(=O)c2ccccc2)ccc1OCC1CC1. The molecule has 8 nitrogen and oxygen atoms in total. The molecule has 3 heterocycles. The quantitative estimate of drug-likeness (QED) is 0.215. The minimum atomic E-state index is -4.00. The first-order valence-corrected chi connectivity index (χ1v) is 15.9. The molecule has 5 aromatic rings. The maximum absolute atomic E-state index is 14.2. The van der Waals surface area contributed by atoms with Crippen molar-refractivity contribution in [3.63, 3.8) is 0 Å². The second-order valence-corrected chi connectivity index (χ2v) is 12.7. The van der Waals surface area contributed by atoms with Gasteiger partial charge in [-0.1, -0.05) is 36.4 Å². The van der Waals surface area contributed by atoms with Gasteiger partial charge in [0.1, 0.15) is 11.8 Å². The Morgan fingerprint density at radius 2 is 1.67 bits per heavy atom. The molecule has 0 unspecified atom stereocenters. The maximum Gasteiger partial charge on any atom is 0.269 e. The van der Waals surface area contributed by atoms with Crippen LogP contribution in [0.5, 0.6) is 5.75 Å². The second kappa shape index (κ2) is 11.2. The van der Waals surface area contributed by atoms with E-state index in [0.717, 1.165) is 48.3 Å². The highest BCUT2D eigenvalue weighted by Gasteiger charge is 2.27. The standard InChI is InChI=1S/C34H30N4O4S/c35-22-27-20-26(10-13-33(27)42-23-24-6-7-24)30-14-15-36-34-31(30)21-32(38(34)43(39,40)29-4-2-1-3-5-29)25-8-11-28(12-9-25)37-16-18-41-19-17-37/h1-5,8-15,20-21,24H,6-7,16-19,23H2. The molecule has 3 aromatic carbocycles. The summed E-state index contributed by atoms with van der Waals surface area (Å²) in [5.41, 5.74) is 4.65. The Hall–Kier alpha value is -4.65. The molecule has 1 saturated heterocycles. The number of hydrogen-bond acceptors (Lipinski definition) is 7. The van der Waals surface area contributed by atoms with E-state index in [1.807, 2.05) is 48.5 Å². The molecule has 0 N–H and O–H groups in total. The minimum absolute atomic E-state index is 0.176. The van der Waals surface area contributed by atoms with Crippen LogP contribution in [0.2, 0.25) is 0 Å². The van der Waals surface area contributed by atoms with Crippen LogP contribution in [-0.4, -0.2) is 50.3 Å². The Kier molecular flexibility index (Phi) is 7.09. The molecule has 216 valence electrons. The summed E-state index contributed by atoms with van der Waals surface area (Å²) in [6.45, 7) is 3.60. The van der Waals surface area contributed by atoms with Crippen LogP contribution in [0, 0.1) is 17.2 Å². The van der Waals surface area contributed by atoms with Gasteiger partial charge in [0.15, 0.2) is 5.65 Å². The fourth-order valence-electron chi connectivity index (χ4n) is 5.54. The Morgan fingerprint density at radius 3 is 2.40 bits per heavy atom. The van der Waals surface area contributed by atoms with Gasteiger partial charge in [-0.05, 0) is 84.0 Å². The van der Waals surface area contributed by atoms with Crippen molar-refractivity contribution >= 4 is 26.7 Å². The monoisotopic (exact) mass is 590 g/mol. The van der Waals surface area contributed by atoms with Crippen LogP contribution in [-0.2, 0) is 14.8 Å². The average molecular weight is 591 g/mol. The zero-order valence-electron chi connectivity index (χ0n) is 23.5. The minimum Gasteiger partial charge on any atom is -0.492 e. The van der Waals surface area contributed by atoms with Crippen molar-refractivity contribution < 1.29 is 17.9 Å². The Labute approximate surface area is 250 Å². The van der Waals surface area contributed by atoms with Crippen molar-refractivity contribution in [2.75, 3.05) is 37.8 Å². The number of anilines is 1. The summed E-state index contributed by atoms with van der Waals surface area (Å²) < 4.78 is 41.1. The average Bonchev–Trinajstić information content (AvgIpc) is 3.81. The third-order valence-corrected chi connectivity index (χ3v) is 9.78. The Bertz CT molecular complexity index is 1940. The van der Waals surface area contributed by atoms with Gasteiger partial charge in [-0.25, -0.2) is 17.4 Å². The number of pyridine rings is 1. The molecule has 43 heavy (non-hydrogen) atoms. The fourth-order valence-corrected chi connectivity index (χ4v) is 7.04. The molecule has 0 atom stereocenters. The maximum atomic E-state index is 14.2. The van der Waals surface area contributed by atoms with Crippen molar-refractivity contribution in [1.82, 2.24) is 8.96 Å². The molecule has 9 heteroatoms. The van der Waals surface area contributed by atoms with Gasteiger partial charge >= 0.3 is 0 Å². The van der Waals surface area contributed by atoms with Gasteiger partial charge < -0.3 is 14.4 Å². The van der Waals surface area contributed by atoms with Crippen LogP contribution in [0.1, 0.15) is 18.4 Å². The first-order chi connectivity index (χ1) is 21.0. The van der Waals surface area contributed by atoms with Gasteiger partial charge in [-0.3, -0.25) is 0 Å². The highest BCUT2D eigenvalue weighted by atomic mass is 32.2. The normalized spacial score (nSPS) is 15.4. The van der Waals surface area contributed by atoms with Crippen molar-refractivity contribution in [3.05, 3.63) is 96.7 Å². The van der Waals surface area contributed by atoms with E-state index in [2.05, 4.69) is 16.0 Å². The van der Waals surface area contributed by atoms with Gasteiger partial charge in [0.25, 0.3) is 10.0 Å². The highest BCUT2D eigenvalue weighted by molar-refractivity contribution is 7.90. The first-order valence-electron chi connectivity index (χ1n) is 14.4. The topological polar surface area (TPSA) is 97.5 Å². The molecule has 0 radical (unpaired) electrons. The molecule has 0 spiro atoms. The van der Waals surface area contributed by atoms with Gasteiger partial charge in [-0.2, -0.15) is 5.26 Å². The molecule has 0 amide bonds. The lowest BCUT2D eigenvalue weighted by Gasteiger charge is -2.28. The van der Waals surface area contributed by atoms with E-state index in [1.165, 1.54) is 3.97 Å². The summed E-state index contributed by atoms with van der Waals surface area (Å²) in [6.07, 6.45) is 3.94. The van der Waals surface area contributed by atoms with Crippen molar-refractivity contribution in [2.45, 2.75) is 17.7 Å². The zero-order valence-corrected chi connectivity index (χ0v) is 24.3. The molecule has 1 aliphatic heterocycles. The number of ether oxygens (including phenoxy) is 2. The third kappa shape index (κ3) is 5.24. The third-order valence-electron chi connectivity index (χ3n) is 8.06. The van der Waals surface area contributed by atoms with E-state index >= 15 is 0 Å². The van der Waals surface area contributed by atoms with E-state index in [4.69, 9.17) is 9.47 Å². The predicted octanol–water partition coefficient (Wildman–Crippen LogP) is 6.10. The molecule has 2 aromatic heterocycles. The summed E-state index contributed by atoms with van der Waals surface area (Å²) in [5.74, 6) is 1.13. The number of rotatable bonds is 8. The molecule has 1 saturated carbocycles. The highest BCUT2D eigenvalue weighted by Crippen LogP contribution is 2.38. The number of benzene rings is 3. The first kappa shape index (κ1) is 27.2. The molecular formula is C34H30N4O4S. The smallest absolute Gasteiger partial charge is 0.269 e. The number of morpholine rings is 1. The summed E-state index contributed by atoms with van der Waals surface area (Å²) in [7, 11) is -4.00.